The second kappa shape index (κ2) is 4.63. The van der Waals surface area contributed by atoms with Crippen molar-refractivity contribution in [3.8, 4) is 11.3 Å². The highest BCUT2D eigenvalue weighted by atomic mass is 79.9. The molecule has 1 N–H and O–H groups in total. The maximum atomic E-state index is 10.9. The summed E-state index contributed by atoms with van der Waals surface area (Å²) >= 11 is 3.41. The van der Waals surface area contributed by atoms with Crippen molar-refractivity contribution in [1.82, 2.24) is 9.97 Å². The van der Waals surface area contributed by atoms with Crippen LogP contribution in [0.4, 0.5) is 0 Å². The van der Waals surface area contributed by atoms with Crippen LogP contribution in [0, 0.1) is 6.92 Å². The third-order valence-corrected chi connectivity index (χ3v) is 2.90. The topological polar surface area (TPSA) is 63.1 Å². The van der Waals surface area contributed by atoms with E-state index in [0.717, 1.165) is 10.0 Å². The smallest absolute Gasteiger partial charge is 0.354 e. The molecule has 2 aromatic rings. The van der Waals surface area contributed by atoms with E-state index < -0.39 is 5.97 Å². The second-order valence-corrected chi connectivity index (χ2v) is 4.32. The minimum Gasteiger partial charge on any atom is -0.477 e. The van der Waals surface area contributed by atoms with Crippen LogP contribution in [0.15, 0.2) is 34.8 Å². The first kappa shape index (κ1) is 11.7. The zero-order chi connectivity index (χ0) is 12.4. The Kier molecular flexibility index (Phi) is 3.19. The lowest BCUT2D eigenvalue weighted by atomic mass is 10.1. The van der Waals surface area contributed by atoms with Gasteiger partial charge in [0.1, 0.15) is 5.82 Å². The summed E-state index contributed by atoms with van der Waals surface area (Å²) in [6.07, 6.45) is 0. The first-order valence-corrected chi connectivity index (χ1v) is 5.71. The second-order valence-electron chi connectivity index (χ2n) is 3.47. The fraction of sp³-hybridized carbons (Fsp3) is 0.0833. The van der Waals surface area contributed by atoms with Gasteiger partial charge in [-0.15, -0.1) is 0 Å². The molecule has 0 radical (unpaired) electrons. The molecular weight excluding hydrogens is 284 g/mol. The molecule has 0 aliphatic heterocycles. The van der Waals surface area contributed by atoms with E-state index in [1.54, 1.807) is 6.92 Å². The van der Waals surface area contributed by atoms with Crippen LogP contribution in [0.2, 0.25) is 0 Å². The Morgan fingerprint density at radius 3 is 2.65 bits per heavy atom. The maximum absolute atomic E-state index is 10.9. The van der Waals surface area contributed by atoms with Gasteiger partial charge in [-0.2, -0.15) is 0 Å². The zero-order valence-electron chi connectivity index (χ0n) is 9.01. The lowest BCUT2D eigenvalue weighted by molar-refractivity contribution is 0.0690. The van der Waals surface area contributed by atoms with Crippen LogP contribution in [-0.4, -0.2) is 21.0 Å². The average molecular weight is 293 g/mol. The highest BCUT2D eigenvalue weighted by molar-refractivity contribution is 9.10. The molecule has 0 aliphatic rings. The summed E-state index contributed by atoms with van der Waals surface area (Å²) in [5.74, 6) is -0.612. The predicted molar refractivity (Wildman–Crippen MR) is 66.9 cm³/mol. The fourth-order valence-corrected chi connectivity index (χ4v) is 1.97. The number of hydrogen-bond acceptors (Lipinski definition) is 3. The van der Waals surface area contributed by atoms with Crippen molar-refractivity contribution in [2.45, 2.75) is 6.92 Å². The van der Waals surface area contributed by atoms with Gasteiger partial charge in [-0.05, 0) is 19.1 Å². The molecule has 5 heteroatoms. The van der Waals surface area contributed by atoms with Crippen LogP contribution in [-0.2, 0) is 0 Å². The number of aromatic carboxylic acids is 1. The lowest BCUT2D eigenvalue weighted by Gasteiger charge is -2.05. The zero-order valence-corrected chi connectivity index (χ0v) is 10.6. The molecular formula is C12H9BrN2O2. The molecule has 0 unspecified atom stereocenters. The maximum Gasteiger partial charge on any atom is 0.354 e. The molecule has 0 amide bonds. The molecule has 1 aromatic heterocycles. The van der Waals surface area contributed by atoms with E-state index in [1.807, 2.05) is 24.3 Å². The number of carbonyl (C=O) groups is 1. The monoisotopic (exact) mass is 292 g/mol. The van der Waals surface area contributed by atoms with E-state index in [1.165, 1.54) is 6.07 Å². The highest BCUT2D eigenvalue weighted by Gasteiger charge is 2.11. The summed E-state index contributed by atoms with van der Waals surface area (Å²) in [5, 5.41) is 8.95. The van der Waals surface area contributed by atoms with Crippen molar-refractivity contribution in [2.75, 3.05) is 0 Å². The minimum absolute atomic E-state index is 0.00301. The van der Waals surface area contributed by atoms with E-state index in [9.17, 15) is 4.79 Å². The lowest BCUT2D eigenvalue weighted by Crippen LogP contribution is -2.04. The Hall–Kier alpha value is -1.75. The summed E-state index contributed by atoms with van der Waals surface area (Å²) in [6.45, 7) is 1.67. The number of benzene rings is 1. The number of carboxylic acids is 1. The normalized spacial score (nSPS) is 10.2. The van der Waals surface area contributed by atoms with Gasteiger partial charge in [-0.1, -0.05) is 34.1 Å². The van der Waals surface area contributed by atoms with Crippen molar-refractivity contribution in [2.24, 2.45) is 0 Å². The Bertz CT molecular complexity index is 584. The third-order valence-electron chi connectivity index (χ3n) is 2.21. The highest BCUT2D eigenvalue weighted by Crippen LogP contribution is 2.26. The molecule has 0 aliphatic carbocycles. The summed E-state index contributed by atoms with van der Waals surface area (Å²) in [7, 11) is 0. The predicted octanol–water partition coefficient (Wildman–Crippen LogP) is 2.91. The molecule has 17 heavy (non-hydrogen) atoms. The van der Waals surface area contributed by atoms with Gasteiger partial charge in [0.15, 0.2) is 5.69 Å². The molecule has 0 fully saturated rings. The number of halogens is 1. The molecule has 2 rings (SSSR count). The molecule has 0 saturated carbocycles. The number of hydrogen-bond donors (Lipinski definition) is 1. The van der Waals surface area contributed by atoms with Crippen LogP contribution in [0.3, 0.4) is 0 Å². The molecule has 86 valence electrons. The van der Waals surface area contributed by atoms with E-state index in [2.05, 4.69) is 25.9 Å². The van der Waals surface area contributed by atoms with Crippen molar-refractivity contribution >= 4 is 21.9 Å². The molecule has 0 saturated heterocycles. The Labute approximate surface area is 106 Å². The van der Waals surface area contributed by atoms with Crippen molar-refractivity contribution in [3.63, 3.8) is 0 Å². The summed E-state index contributed by atoms with van der Waals surface area (Å²) in [6, 6.07) is 8.98. The van der Waals surface area contributed by atoms with Crippen LogP contribution in [0.1, 0.15) is 16.3 Å². The minimum atomic E-state index is -1.05. The van der Waals surface area contributed by atoms with Gasteiger partial charge >= 0.3 is 5.97 Å². The van der Waals surface area contributed by atoms with Crippen molar-refractivity contribution < 1.29 is 9.90 Å². The van der Waals surface area contributed by atoms with Gasteiger partial charge in [0.05, 0.1) is 5.69 Å². The quantitative estimate of drug-likeness (QED) is 0.924. The van der Waals surface area contributed by atoms with E-state index >= 15 is 0 Å². The number of carboxylic acid groups (broad SMARTS) is 1. The Balaban J connectivity index is 2.60. The molecule has 0 bridgehead atoms. The fourth-order valence-electron chi connectivity index (χ4n) is 1.48. The summed E-state index contributed by atoms with van der Waals surface area (Å²) < 4.78 is 0.870. The first-order valence-electron chi connectivity index (χ1n) is 4.92. The number of rotatable bonds is 2. The van der Waals surface area contributed by atoms with Crippen molar-refractivity contribution in [3.05, 3.63) is 46.3 Å². The van der Waals surface area contributed by atoms with Gasteiger partial charge in [0.25, 0.3) is 0 Å². The van der Waals surface area contributed by atoms with Crippen molar-refractivity contribution in [1.29, 1.82) is 0 Å². The standard InChI is InChI=1S/C12H9BrN2O2/c1-7-14-10(6-11(15-7)12(16)17)8-4-2-3-5-9(8)13/h2-6H,1H3,(H,16,17). The molecule has 1 heterocycles. The van der Waals surface area contributed by atoms with Crippen LogP contribution in [0.5, 0.6) is 0 Å². The molecule has 0 spiro atoms. The van der Waals surface area contributed by atoms with Gasteiger partial charge in [0, 0.05) is 10.0 Å². The van der Waals surface area contributed by atoms with Crippen LogP contribution >= 0.6 is 15.9 Å². The van der Waals surface area contributed by atoms with E-state index in [0.29, 0.717) is 11.5 Å². The number of nitrogens with zero attached hydrogens (tertiary/aromatic N) is 2. The number of aromatic nitrogens is 2. The molecule has 1 aromatic carbocycles. The number of aryl methyl sites for hydroxylation is 1. The third kappa shape index (κ3) is 2.50. The van der Waals surface area contributed by atoms with Crippen LogP contribution in [0.25, 0.3) is 11.3 Å². The van der Waals surface area contributed by atoms with E-state index in [-0.39, 0.29) is 5.69 Å². The summed E-state index contributed by atoms with van der Waals surface area (Å²) in [4.78, 5) is 19.0. The molecule has 0 atom stereocenters. The van der Waals surface area contributed by atoms with E-state index in [4.69, 9.17) is 5.11 Å². The van der Waals surface area contributed by atoms with Crippen LogP contribution < -0.4 is 0 Å². The van der Waals surface area contributed by atoms with Gasteiger partial charge in [-0.25, -0.2) is 14.8 Å². The molecule has 4 nitrogen and oxygen atoms in total. The Morgan fingerprint density at radius 1 is 1.29 bits per heavy atom. The SMILES string of the molecule is Cc1nc(C(=O)O)cc(-c2ccccc2Br)n1. The largest absolute Gasteiger partial charge is 0.477 e. The van der Waals surface area contributed by atoms with Gasteiger partial charge in [0.2, 0.25) is 0 Å². The van der Waals surface area contributed by atoms with Gasteiger partial charge < -0.3 is 5.11 Å². The van der Waals surface area contributed by atoms with Gasteiger partial charge in [-0.3, -0.25) is 0 Å². The summed E-state index contributed by atoms with van der Waals surface area (Å²) in [5.41, 5.74) is 1.45. The average Bonchev–Trinajstić information content (AvgIpc) is 2.28. The first-order chi connectivity index (χ1) is 8.08. The Morgan fingerprint density at radius 2 is 2.00 bits per heavy atom.